The summed E-state index contributed by atoms with van der Waals surface area (Å²) in [6, 6.07) is 16.7. The van der Waals surface area contributed by atoms with E-state index in [0.717, 1.165) is 44.3 Å². The van der Waals surface area contributed by atoms with E-state index in [1.165, 1.54) is 11.1 Å². The molecule has 5 rings (SSSR count). The monoisotopic (exact) mass is 386 g/mol. The lowest BCUT2D eigenvalue weighted by molar-refractivity contribution is 0.0688. The van der Waals surface area contributed by atoms with Gasteiger partial charge in [-0.2, -0.15) is 0 Å². The Bertz CT molecular complexity index is 1120. The molecule has 4 nitrogen and oxygen atoms in total. The fourth-order valence-electron chi connectivity index (χ4n) is 5.03. The summed E-state index contributed by atoms with van der Waals surface area (Å²) >= 11 is 0. The number of amides is 1. The van der Waals surface area contributed by atoms with Gasteiger partial charge in [-0.05, 0) is 55.7 Å². The number of hydrogen-bond donors (Lipinski definition) is 0. The standard InChI is InChI=1S/C25H26N2O2/c1-17-14-20-8-5-9-21-23(20)27(17)16-22(24(21)28)25(29)26-12-10-19(11-13-26)15-18-6-3-2-4-7-18/h2-9,16-17,19H,10-15H2,1H3/t17-/m0/s1. The van der Waals surface area contributed by atoms with Crippen molar-refractivity contribution >= 4 is 16.8 Å². The van der Waals surface area contributed by atoms with Crippen LogP contribution in [-0.4, -0.2) is 28.5 Å². The Morgan fingerprint density at radius 2 is 1.79 bits per heavy atom. The molecule has 0 radical (unpaired) electrons. The normalized spacial score (nSPS) is 19.1. The van der Waals surface area contributed by atoms with Crippen LogP contribution >= 0.6 is 0 Å². The van der Waals surface area contributed by atoms with Gasteiger partial charge in [0.15, 0.2) is 0 Å². The first kappa shape index (κ1) is 18.2. The zero-order valence-corrected chi connectivity index (χ0v) is 16.8. The van der Waals surface area contributed by atoms with Crippen LogP contribution < -0.4 is 5.43 Å². The molecular weight excluding hydrogens is 360 g/mol. The zero-order valence-electron chi connectivity index (χ0n) is 16.8. The number of likely N-dealkylation sites (tertiary alicyclic amines) is 1. The molecule has 3 heterocycles. The third kappa shape index (κ3) is 3.17. The van der Waals surface area contributed by atoms with E-state index in [1.54, 1.807) is 0 Å². The minimum atomic E-state index is -0.122. The average Bonchev–Trinajstić information content (AvgIpc) is 3.07. The topological polar surface area (TPSA) is 42.3 Å². The number of aromatic nitrogens is 1. The van der Waals surface area contributed by atoms with Crippen LogP contribution in [0.4, 0.5) is 0 Å². The van der Waals surface area contributed by atoms with Crippen LogP contribution in [0.1, 0.15) is 47.3 Å². The first-order chi connectivity index (χ1) is 14.1. The molecule has 0 aliphatic carbocycles. The minimum Gasteiger partial charge on any atom is -0.343 e. The van der Waals surface area contributed by atoms with E-state index in [-0.39, 0.29) is 17.4 Å². The summed E-state index contributed by atoms with van der Waals surface area (Å²) in [5, 5.41) is 0.677. The van der Waals surface area contributed by atoms with Gasteiger partial charge >= 0.3 is 0 Å². The van der Waals surface area contributed by atoms with E-state index in [1.807, 2.05) is 29.3 Å². The SMILES string of the molecule is C[C@H]1Cc2cccc3c(=O)c(C(=O)N4CCC(Cc5ccccc5)CC4)cn1c23. The molecule has 1 saturated heterocycles. The fourth-order valence-corrected chi connectivity index (χ4v) is 5.03. The van der Waals surface area contributed by atoms with Crippen LogP contribution in [0.15, 0.2) is 59.5 Å². The van der Waals surface area contributed by atoms with Crippen molar-refractivity contribution in [1.29, 1.82) is 0 Å². The number of piperidine rings is 1. The Balaban J connectivity index is 1.37. The summed E-state index contributed by atoms with van der Waals surface area (Å²) < 4.78 is 2.13. The molecule has 0 bridgehead atoms. The Morgan fingerprint density at radius 3 is 2.55 bits per heavy atom. The molecule has 3 aromatic rings. The summed E-state index contributed by atoms with van der Waals surface area (Å²) in [5.41, 5.74) is 3.77. The van der Waals surface area contributed by atoms with E-state index < -0.39 is 0 Å². The van der Waals surface area contributed by atoms with E-state index in [4.69, 9.17) is 0 Å². The number of benzene rings is 2. The van der Waals surface area contributed by atoms with E-state index in [9.17, 15) is 9.59 Å². The average molecular weight is 386 g/mol. The summed E-state index contributed by atoms with van der Waals surface area (Å²) in [6.07, 6.45) is 5.77. The van der Waals surface area contributed by atoms with Gasteiger partial charge in [-0.15, -0.1) is 0 Å². The maximum Gasteiger partial charge on any atom is 0.259 e. The highest BCUT2D eigenvalue weighted by Gasteiger charge is 2.28. The van der Waals surface area contributed by atoms with Crippen molar-refractivity contribution < 1.29 is 4.79 Å². The minimum absolute atomic E-state index is 0.108. The summed E-state index contributed by atoms with van der Waals surface area (Å²) in [5.74, 6) is 0.489. The van der Waals surface area contributed by atoms with Crippen molar-refractivity contribution in [3.05, 3.63) is 81.6 Å². The molecule has 2 aliphatic rings. The maximum atomic E-state index is 13.2. The second-order valence-corrected chi connectivity index (χ2v) is 8.57. The summed E-state index contributed by atoms with van der Waals surface area (Å²) in [7, 11) is 0. The van der Waals surface area contributed by atoms with E-state index >= 15 is 0 Å². The van der Waals surface area contributed by atoms with Crippen LogP contribution in [0.5, 0.6) is 0 Å². The first-order valence-electron chi connectivity index (χ1n) is 10.6. The van der Waals surface area contributed by atoms with Crippen LogP contribution in [0.2, 0.25) is 0 Å². The summed E-state index contributed by atoms with van der Waals surface area (Å²) in [6.45, 7) is 3.60. The smallest absolute Gasteiger partial charge is 0.259 e. The van der Waals surface area contributed by atoms with Gasteiger partial charge in [-0.25, -0.2) is 0 Å². The van der Waals surface area contributed by atoms with Crippen molar-refractivity contribution in [2.45, 2.75) is 38.6 Å². The van der Waals surface area contributed by atoms with Gasteiger partial charge in [0.1, 0.15) is 5.56 Å². The molecular formula is C25H26N2O2. The van der Waals surface area contributed by atoms with Gasteiger partial charge in [0.2, 0.25) is 5.43 Å². The lowest BCUT2D eigenvalue weighted by atomic mass is 9.90. The van der Waals surface area contributed by atoms with Crippen molar-refractivity contribution in [2.75, 3.05) is 13.1 Å². The molecule has 1 atom stereocenters. The van der Waals surface area contributed by atoms with E-state index in [0.29, 0.717) is 16.9 Å². The number of rotatable bonds is 3. The highest BCUT2D eigenvalue weighted by atomic mass is 16.2. The zero-order chi connectivity index (χ0) is 20.0. The van der Waals surface area contributed by atoms with Crippen LogP contribution in [0, 0.1) is 5.92 Å². The molecule has 0 N–H and O–H groups in total. The molecule has 1 amide bonds. The van der Waals surface area contributed by atoms with Crippen LogP contribution in [0.3, 0.4) is 0 Å². The third-order valence-electron chi connectivity index (χ3n) is 6.62. The van der Waals surface area contributed by atoms with Crippen molar-refractivity contribution in [3.63, 3.8) is 0 Å². The van der Waals surface area contributed by atoms with Crippen molar-refractivity contribution in [1.82, 2.24) is 9.47 Å². The second-order valence-electron chi connectivity index (χ2n) is 8.57. The quantitative estimate of drug-likeness (QED) is 0.677. The van der Waals surface area contributed by atoms with Gasteiger partial charge < -0.3 is 9.47 Å². The third-order valence-corrected chi connectivity index (χ3v) is 6.62. The molecule has 2 aliphatic heterocycles. The predicted molar refractivity (Wildman–Crippen MR) is 115 cm³/mol. The van der Waals surface area contributed by atoms with Crippen LogP contribution in [0.25, 0.3) is 10.9 Å². The fraction of sp³-hybridized carbons (Fsp3) is 0.360. The number of carbonyl (C=O) groups excluding carboxylic acids is 1. The molecule has 0 unspecified atom stereocenters. The van der Waals surface area contributed by atoms with Gasteiger partial charge in [-0.3, -0.25) is 9.59 Å². The summed E-state index contributed by atoms with van der Waals surface area (Å²) in [4.78, 5) is 28.2. The Kier molecular flexibility index (Phi) is 4.50. The Hall–Kier alpha value is -2.88. The maximum absolute atomic E-state index is 13.2. The molecule has 0 spiro atoms. The molecule has 1 aromatic heterocycles. The van der Waals surface area contributed by atoms with Gasteiger partial charge in [0.25, 0.3) is 5.91 Å². The molecule has 4 heteroatoms. The van der Waals surface area contributed by atoms with Crippen LogP contribution in [-0.2, 0) is 12.8 Å². The highest BCUT2D eigenvalue weighted by Crippen LogP contribution is 2.31. The number of nitrogens with zero attached hydrogens (tertiary/aromatic N) is 2. The van der Waals surface area contributed by atoms with Gasteiger partial charge in [-0.1, -0.05) is 42.5 Å². The largest absolute Gasteiger partial charge is 0.343 e. The van der Waals surface area contributed by atoms with Gasteiger partial charge in [0, 0.05) is 30.7 Å². The molecule has 0 saturated carbocycles. The van der Waals surface area contributed by atoms with Crippen molar-refractivity contribution in [3.8, 4) is 0 Å². The van der Waals surface area contributed by atoms with E-state index in [2.05, 4.69) is 41.8 Å². The molecule has 29 heavy (non-hydrogen) atoms. The number of pyridine rings is 1. The number of hydrogen-bond acceptors (Lipinski definition) is 2. The number of para-hydroxylation sites is 1. The molecule has 2 aromatic carbocycles. The highest BCUT2D eigenvalue weighted by molar-refractivity contribution is 5.98. The lowest BCUT2D eigenvalue weighted by Crippen LogP contribution is -2.41. The Morgan fingerprint density at radius 1 is 1.03 bits per heavy atom. The second kappa shape index (κ2) is 7.18. The number of carbonyl (C=O) groups is 1. The van der Waals surface area contributed by atoms with Crippen molar-refractivity contribution in [2.24, 2.45) is 5.92 Å². The van der Waals surface area contributed by atoms with Gasteiger partial charge in [0.05, 0.1) is 5.52 Å². The molecule has 148 valence electrons. The predicted octanol–water partition coefficient (Wildman–Crippen LogP) is 4.21. The molecule has 1 fully saturated rings. The Labute approximate surface area is 170 Å². The lowest BCUT2D eigenvalue weighted by Gasteiger charge is -2.32. The first-order valence-corrected chi connectivity index (χ1v) is 10.6.